The fraction of sp³-hybridized carbons (Fsp3) is 0.400. The van der Waals surface area contributed by atoms with Crippen molar-refractivity contribution < 1.29 is 14.7 Å². The van der Waals surface area contributed by atoms with Gasteiger partial charge in [-0.2, -0.15) is 0 Å². The smallest absolute Gasteiger partial charge is 0.331 e. The molecule has 1 aromatic rings. The number of rotatable bonds is 5. The molecule has 5 nitrogen and oxygen atoms in total. The minimum absolute atomic E-state index is 0.0407. The van der Waals surface area contributed by atoms with Gasteiger partial charge >= 0.3 is 5.97 Å². The largest absolute Gasteiger partial charge is 0.478 e. The van der Waals surface area contributed by atoms with Crippen LogP contribution in [0.25, 0.3) is 0 Å². The van der Waals surface area contributed by atoms with E-state index in [4.69, 9.17) is 5.11 Å². The highest BCUT2D eigenvalue weighted by Gasteiger charge is 2.22. The van der Waals surface area contributed by atoms with Crippen LogP contribution >= 0.6 is 0 Å². The zero-order chi connectivity index (χ0) is 15.3. The van der Waals surface area contributed by atoms with Gasteiger partial charge in [0.05, 0.1) is 12.2 Å². The van der Waals surface area contributed by atoms with Gasteiger partial charge in [-0.05, 0) is 39.8 Å². The molecule has 0 saturated heterocycles. The van der Waals surface area contributed by atoms with Gasteiger partial charge in [-0.25, -0.2) is 4.79 Å². The number of carboxylic acid groups (broad SMARTS) is 1. The van der Waals surface area contributed by atoms with Gasteiger partial charge in [0.15, 0.2) is 0 Å². The lowest BCUT2D eigenvalue weighted by molar-refractivity contribution is -0.134. The van der Waals surface area contributed by atoms with Gasteiger partial charge in [0.25, 0.3) is 5.91 Å². The van der Waals surface area contributed by atoms with Crippen LogP contribution in [0.2, 0.25) is 0 Å². The van der Waals surface area contributed by atoms with E-state index in [1.54, 1.807) is 18.0 Å². The average molecular weight is 276 g/mol. The fourth-order valence-corrected chi connectivity index (χ4v) is 1.69. The Hall–Kier alpha value is -2.17. The van der Waals surface area contributed by atoms with Crippen molar-refractivity contribution in [1.82, 2.24) is 9.88 Å². The van der Waals surface area contributed by atoms with Crippen molar-refractivity contribution in [2.45, 2.75) is 40.3 Å². The van der Waals surface area contributed by atoms with Gasteiger partial charge in [-0.1, -0.05) is 6.07 Å². The van der Waals surface area contributed by atoms with Gasteiger partial charge in [0, 0.05) is 23.4 Å². The van der Waals surface area contributed by atoms with E-state index in [-0.39, 0.29) is 23.1 Å². The Morgan fingerprint density at radius 3 is 2.35 bits per heavy atom. The maximum atomic E-state index is 12.4. The summed E-state index contributed by atoms with van der Waals surface area (Å²) in [6, 6.07) is 5.47. The number of amides is 1. The Labute approximate surface area is 118 Å². The van der Waals surface area contributed by atoms with Crippen LogP contribution in [0.3, 0.4) is 0 Å². The van der Waals surface area contributed by atoms with E-state index in [0.29, 0.717) is 6.54 Å². The molecule has 0 unspecified atom stereocenters. The standard InChI is InChI=1S/C15H20N2O3/c1-10(2)17(9-13-7-5-6-8-16-13)14(18)11(3)12(4)15(19)20/h5-8,10H,9H2,1-4H3,(H,19,20). The van der Waals surface area contributed by atoms with E-state index in [1.807, 2.05) is 32.0 Å². The molecule has 0 aliphatic carbocycles. The number of pyridine rings is 1. The van der Waals surface area contributed by atoms with Crippen LogP contribution in [0.5, 0.6) is 0 Å². The Kier molecular flexibility index (Phi) is 5.43. The van der Waals surface area contributed by atoms with E-state index in [2.05, 4.69) is 4.98 Å². The lowest BCUT2D eigenvalue weighted by Crippen LogP contribution is -2.37. The quantitative estimate of drug-likeness (QED) is 0.837. The van der Waals surface area contributed by atoms with E-state index < -0.39 is 5.97 Å². The fourth-order valence-electron chi connectivity index (χ4n) is 1.69. The first-order chi connectivity index (χ1) is 9.34. The van der Waals surface area contributed by atoms with Gasteiger partial charge in [-0.3, -0.25) is 9.78 Å². The second-order valence-electron chi connectivity index (χ2n) is 4.90. The van der Waals surface area contributed by atoms with Gasteiger partial charge < -0.3 is 10.0 Å². The first kappa shape index (κ1) is 15.9. The van der Waals surface area contributed by atoms with Crippen molar-refractivity contribution in [3.8, 4) is 0 Å². The topological polar surface area (TPSA) is 70.5 Å². The average Bonchev–Trinajstić information content (AvgIpc) is 2.43. The summed E-state index contributed by atoms with van der Waals surface area (Å²) in [6.07, 6.45) is 1.67. The highest BCUT2D eigenvalue weighted by atomic mass is 16.4. The predicted octanol–water partition coefficient (Wildman–Crippen LogP) is 2.24. The molecule has 0 radical (unpaired) electrons. The maximum Gasteiger partial charge on any atom is 0.331 e. The summed E-state index contributed by atoms with van der Waals surface area (Å²) in [5.74, 6) is -1.34. The molecule has 1 aromatic heterocycles. The second kappa shape index (κ2) is 6.84. The minimum Gasteiger partial charge on any atom is -0.478 e. The molecule has 0 aliphatic rings. The van der Waals surface area contributed by atoms with Crippen molar-refractivity contribution in [2.24, 2.45) is 0 Å². The molecule has 1 amide bonds. The summed E-state index contributed by atoms with van der Waals surface area (Å²) >= 11 is 0. The van der Waals surface area contributed by atoms with E-state index in [1.165, 1.54) is 6.92 Å². The highest BCUT2D eigenvalue weighted by Crippen LogP contribution is 2.13. The summed E-state index contributed by atoms with van der Waals surface area (Å²) in [7, 11) is 0. The van der Waals surface area contributed by atoms with Crippen molar-refractivity contribution >= 4 is 11.9 Å². The third-order valence-electron chi connectivity index (χ3n) is 3.15. The van der Waals surface area contributed by atoms with Crippen LogP contribution in [0.4, 0.5) is 0 Å². The third kappa shape index (κ3) is 3.91. The van der Waals surface area contributed by atoms with Crippen LogP contribution in [0.15, 0.2) is 35.5 Å². The van der Waals surface area contributed by atoms with Crippen LogP contribution in [0.1, 0.15) is 33.4 Å². The second-order valence-corrected chi connectivity index (χ2v) is 4.90. The molecule has 1 rings (SSSR count). The first-order valence-corrected chi connectivity index (χ1v) is 6.46. The van der Waals surface area contributed by atoms with Gasteiger partial charge in [0.1, 0.15) is 0 Å². The van der Waals surface area contributed by atoms with Gasteiger partial charge in [-0.15, -0.1) is 0 Å². The summed E-state index contributed by atoms with van der Waals surface area (Å²) in [5.41, 5.74) is 1.10. The van der Waals surface area contributed by atoms with Crippen molar-refractivity contribution in [2.75, 3.05) is 0 Å². The Balaban J connectivity index is 3.01. The lowest BCUT2D eigenvalue weighted by Gasteiger charge is -2.27. The SMILES string of the molecule is CC(C(=O)O)=C(C)C(=O)N(Cc1ccccn1)C(C)C. The van der Waals surface area contributed by atoms with Crippen LogP contribution in [-0.2, 0) is 16.1 Å². The zero-order valence-electron chi connectivity index (χ0n) is 12.3. The molecular formula is C15H20N2O3. The Bertz CT molecular complexity index is 521. The van der Waals surface area contributed by atoms with E-state index in [9.17, 15) is 9.59 Å². The number of aromatic nitrogens is 1. The molecule has 0 spiro atoms. The lowest BCUT2D eigenvalue weighted by atomic mass is 10.1. The number of nitrogens with zero attached hydrogens (tertiary/aromatic N) is 2. The highest BCUT2D eigenvalue weighted by molar-refractivity contribution is 6.01. The molecule has 0 fully saturated rings. The van der Waals surface area contributed by atoms with E-state index >= 15 is 0 Å². The molecule has 20 heavy (non-hydrogen) atoms. The Morgan fingerprint density at radius 2 is 1.90 bits per heavy atom. The van der Waals surface area contributed by atoms with Crippen molar-refractivity contribution in [3.63, 3.8) is 0 Å². The number of carbonyl (C=O) groups excluding carboxylic acids is 1. The first-order valence-electron chi connectivity index (χ1n) is 6.46. The molecule has 0 atom stereocenters. The van der Waals surface area contributed by atoms with Crippen molar-refractivity contribution in [1.29, 1.82) is 0 Å². The molecule has 0 aliphatic heterocycles. The number of aliphatic carboxylic acids is 1. The number of hydrogen-bond donors (Lipinski definition) is 1. The van der Waals surface area contributed by atoms with Gasteiger partial charge in [0.2, 0.25) is 0 Å². The maximum absolute atomic E-state index is 12.4. The number of carbonyl (C=O) groups is 2. The van der Waals surface area contributed by atoms with Crippen LogP contribution < -0.4 is 0 Å². The Morgan fingerprint density at radius 1 is 1.25 bits per heavy atom. The molecule has 1 heterocycles. The number of carboxylic acids is 1. The summed E-state index contributed by atoms with van der Waals surface area (Å²) < 4.78 is 0. The molecule has 108 valence electrons. The van der Waals surface area contributed by atoms with Crippen molar-refractivity contribution in [3.05, 3.63) is 41.2 Å². The van der Waals surface area contributed by atoms with Crippen LogP contribution in [0, 0.1) is 0 Å². The minimum atomic E-state index is -1.07. The zero-order valence-corrected chi connectivity index (χ0v) is 12.3. The summed E-state index contributed by atoms with van der Waals surface area (Å²) in [4.78, 5) is 29.2. The normalized spacial score (nSPS) is 12.1. The van der Waals surface area contributed by atoms with E-state index in [0.717, 1.165) is 5.69 Å². The molecule has 5 heteroatoms. The monoisotopic (exact) mass is 276 g/mol. The number of hydrogen-bond acceptors (Lipinski definition) is 3. The predicted molar refractivity (Wildman–Crippen MR) is 75.9 cm³/mol. The third-order valence-corrected chi connectivity index (χ3v) is 3.15. The molecule has 1 N–H and O–H groups in total. The molecule has 0 saturated carbocycles. The molecule has 0 aromatic carbocycles. The van der Waals surface area contributed by atoms with Crippen LogP contribution in [-0.4, -0.2) is 32.9 Å². The summed E-state index contributed by atoms with van der Waals surface area (Å²) in [5, 5.41) is 8.97. The summed E-state index contributed by atoms with van der Waals surface area (Å²) in [6.45, 7) is 7.13. The molecular weight excluding hydrogens is 256 g/mol. The molecule has 0 bridgehead atoms.